The van der Waals surface area contributed by atoms with Crippen molar-refractivity contribution >= 4 is 17.3 Å². The molecule has 0 bridgehead atoms. The summed E-state index contributed by atoms with van der Waals surface area (Å²) in [5, 5.41) is 5.70. The van der Waals surface area contributed by atoms with Crippen LogP contribution < -0.4 is 5.32 Å². The molecule has 1 N–H and O–H groups in total. The summed E-state index contributed by atoms with van der Waals surface area (Å²) in [5.74, 6) is -0.277. The zero-order chi connectivity index (χ0) is 10.6. The maximum Gasteiger partial charge on any atom is 0.329 e. The molecule has 0 aliphatic carbocycles. The molecule has 0 saturated heterocycles. The third kappa shape index (κ3) is 2.52. The van der Waals surface area contributed by atoms with E-state index in [2.05, 4.69) is 10.3 Å². The van der Waals surface area contributed by atoms with Gasteiger partial charge in [0.1, 0.15) is 6.04 Å². The largest absolute Gasteiger partial charge is 0.465 e. The lowest BCUT2D eigenvalue weighted by Crippen LogP contribution is -2.27. The van der Waals surface area contributed by atoms with Gasteiger partial charge in [0.2, 0.25) is 0 Å². The molecule has 0 radical (unpaired) electrons. The molecule has 14 heavy (non-hydrogen) atoms. The zero-order valence-electron chi connectivity index (χ0n) is 8.53. The molecule has 1 aromatic rings. The van der Waals surface area contributed by atoms with E-state index in [1.54, 1.807) is 14.0 Å². The highest BCUT2D eigenvalue weighted by Gasteiger charge is 2.21. The molecule has 1 heterocycles. The van der Waals surface area contributed by atoms with Gasteiger partial charge in [0.15, 0.2) is 0 Å². The van der Waals surface area contributed by atoms with Crippen LogP contribution in [-0.2, 0) is 9.53 Å². The van der Waals surface area contributed by atoms with Crippen molar-refractivity contribution in [2.45, 2.75) is 19.9 Å². The van der Waals surface area contributed by atoms with Gasteiger partial charge in [-0.15, -0.1) is 11.3 Å². The van der Waals surface area contributed by atoms with E-state index in [4.69, 9.17) is 4.74 Å². The Hall–Kier alpha value is -0.940. The summed E-state index contributed by atoms with van der Waals surface area (Å²) in [6.07, 6.45) is 0. The molecule has 0 amide bonds. The van der Waals surface area contributed by atoms with Crippen molar-refractivity contribution in [3.8, 4) is 0 Å². The van der Waals surface area contributed by atoms with Gasteiger partial charge in [-0.3, -0.25) is 0 Å². The van der Waals surface area contributed by atoms with Gasteiger partial charge in [-0.05, 0) is 20.9 Å². The normalized spacial score (nSPS) is 12.5. The third-order valence-corrected chi connectivity index (χ3v) is 2.54. The summed E-state index contributed by atoms with van der Waals surface area (Å²) in [7, 11) is 1.72. The van der Waals surface area contributed by atoms with E-state index < -0.39 is 6.04 Å². The predicted molar refractivity (Wildman–Crippen MR) is 55.3 cm³/mol. The van der Waals surface area contributed by atoms with E-state index in [9.17, 15) is 4.79 Å². The number of aryl methyl sites for hydroxylation is 1. The molecular weight excluding hydrogens is 200 g/mol. The Morgan fingerprint density at radius 2 is 2.50 bits per heavy atom. The lowest BCUT2D eigenvalue weighted by atomic mass is 10.2. The Morgan fingerprint density at radius 1 is 1.79 bits per heavy atom. The van der Waals surface area contributed by atoms with Gasteiger partial charge in [0, 0.05) is 5.38 Å². The molecule has 78 valence electrons. The van der Waals surface area contributed by atoms with Gasteiger partial charge in [-0.1, -0.05) is 0 Å². The summed E-state index contributed by atoms with van der Waals surface area (Å²) >= 11 is 1.52. The number of nitrogens with one attached hydrogen (secondary N) is 1. The summed E-state index contributed by atoms with van der Waals surface area (Å²) in [4.78, 5) is 15.7. The number of rotatable bonds is 4. The number of nitrogens with zero attached hydrogens (tertiary/aromatic N) is 1. The Kier molecular flexibility index (Phi) is 4.03. The van der Waals surface area contributed by atoms with Gasteiger partial charge in [0.05, 0.1) is 17.3 Å². The molecule has 0 aromatic carbocycles. The van der Waals surface area contributed by atoms with Crippen LogP contribution in [0.4, 0.5) is 0 Å². The fourth-order valence-electron chi connectivity index (χ4n) is 1.12. The highest BCUT2D eigenvalue weighted by molar-refractivity contribution is 7.09. The number of carbonyl (C=O) groups is 1. The quantitative estimate of drug-likeness (QED) is 0.767. The Bertz CT molecular complexity index is 312. The molecule has 1 aromatic heterocycles. The average Bonchev–Trinajstić information content (AvgIpc) is 2.54. The standard InChI is InChI=1S/C9H14N2O2S/c1-4-13-9(12)8(10-3)7-5-14-6(2)11-7/h5,8,10H,4H2,1-3H3. The second-order valence-corrected chi connectivity index (χ2v) is 3.83. The van der Waals surface area contributed by atoms with Crippen molar-refractivity contribution in [1.29, 1.82) is 0 Å². The summed E-state index contributed by atoms with van der Waals surface area (Å²) in [5.41, 5.74) is 0.730. The second kappa shape index (κ2) is 5.07. The van der Waals surface area contributed by atoms with E-state index in [1.807, 2.05) is 12.3 Å². The number of ether oxygens (including phenoxy) is 1. The van der Waals surface area contributed by atoms with Crippen molar-refractivity contribution in [2.75, 3.05) is 13.7 Å². The SMILES string of the molecule is CCOC(=O)C(NC)c1csc(C)n1. The van der Waals surface area contributed by atoms with Gasteiger partial charge < -0.3 is 10.1 Å². The fourth-order valence-corrected chi connectivity index (χ4v) is 1.76. The smallest absolute Gasteiger partial charge is 0.329 e. The average molecular weight is 214 g/mol. The summed E-state index contributed by atoms with van der Waals surface area (Å²) in [6.45, 7) is 4.09. The van der Waals surface area contributed by atoms with Crippen LogP contribution in [0.25, 0.3) is 0 Å². The molecule has 4 nitrogen and oxygen atoms in total. The van der Waals surface area contributed by atoms with Crippen LogP contribution in [0.3, 0.4) is 0 Å². The first-order valence-corrected chi connectivity index (χ1v) is 5.33. The Balaban J connectivity index is 2.76. The highest BCUT2D eigenvalue weighted by atomic mass is 32.1. The van der Waals surface area contributed by atoms with E-state index >= 15 is 0 Å². The maximum atomic E-state index is 11.5. The molecule has 0 aliphatic rings. The first kappa shape index (κ1) is 11.1. The van der Waals surface area contributed by atoms with E-state index in [-0.39, 0.29) is 5.97 Å². The monoisotopic (exact) mass is 214 g/mol. The van der Waals surface area contributed by atoms with Crippen LogP contribution in [0, 0.1) is 6.92 Å². The third-order valence-electron chi connectivity index (χ3n) is 1.74. The molecule has 1 atom stereocenters. The maximum absolute atomic E-state index is 11.5. The van der Waals surface area contributed by atoms with Gasteiger partial charge >= 0.3 is 5.97 Å². The Labute approximate surface area is 87.3 Å². The molecule has 0 spiro atoms. The van der Waals surface area contributed by atoms with E-state index in [0.29, 0.717) is 6.61 Å². The first-order chi connectivity index (χ1) is 6.69. The van der Waals surface area contributed by atoms with Crippen LogP contribution >= 0.6 is 11.3 Å². The predicted octanol–water partition coefficient (Wildman–Crippen LogP) is 1.28. The van der Waals surface area contributed by atoms with Gasteiger partial charge in [-0.25, -0.2) is 9.78 Å². The number of hydrogen-bond acceptors (Lipinski definition) is 5. The van der Waals surface area contributed by atoms with Crippen molar-refractivity contribution < 1.29 is 9.53 Å². The minimum absolute atomic E-state index is 0.277. The highest BCUT2D eigenvalue weighted by Crippen LogP contribution is 2.17. The van der Waals surface area contributed by atoms with Crippen molar-refractivity contribution in [1.82, 2.24) is 10.3 Å². The number of hydrogen-bond donors (Lipinski definition) is 1. The van der Waals surface area contributed by atoms with E-state index in [0.717, 1.165) is 10.7 Å². The van der Waals surface area contributed by atoms with Gasteiger partial charge in [-0.2, -0.15) is 0 Å². The van der Waals surface area contributed by atoms with Crippen LogP contribution in [0.2, 0.25) is 0 Å². The fraction of sp³-hybridized carbons (Fsp3) is 0.556. The number of aromatic nitrogens is 1. The first-order valence-electron chi connectivity index (χ1n) is 4.45. The summed E-state index contributed by atoms with van der Waals surface area (Å²) in [6, 6.07) is -0.445. The second-order valence-electron chi connectivity index (χ2n) is 2.77. The minimum atomic E-state index is -0.445. The van der Waals surface area contributed by atoms with Crippen molar-refractivity contribution in [3.63, 3.8) is 0 Å². The molecular formula is C9H14N2O2S. The number of thiazole rings is 1. The van der Waals surface area contributed by atoms with Gasteiger partial charge in [0.25, 0.3) is 0 Å². The number of carbonyl (C=O) groups excluding carboxylic acids is 1. The zero-order valence-corrected chi connectivity index (χ0v) is 9.35. The van der Waals surface area contributed by atoms with Crippen LogP contribution in [0.1, 0.15) is 23.7 Å². The molecule has 0 saturated carbocycles. The summed E-state index contributed by atoms with van der Waals surface area (Å²) < 4.78 is 4.92. The lowest BCUT2D eigenvalue weighted by molar-refractivity contribution is -0.145. The Morgan fingerprint density at radius 3 is 2.93 bits per heavy atom. The van der Waals surface area contributed by atoms with Crippen LogP contribution in [-0.4, -0.2) is 24.6 Å². The van der Waals surface area contributed by atoms with Crippen LogP contribution in [0.5, 0.6) is 0 Å². The molecule has 0 fully saturated rings. The molecule has 1 unspecified atom stereocenters. The lowest BCUT2D eigenvalue weighted by Gasteiger charge is -2.11. The molecule has 5 heteroatoms. The topological polar surface area (TPSA) is 51.2 Å². The van der Waals surface area contributed by atoms with E-state index in [1.165, 1.54) is 11.3 Å². The minimum Gasteiger partial charge on any atom is -0.465 e. The van der Waals surface area contributed by atoms with Crippen molar-refractivity contribution in [2.24, 2.45) is 0 Å². The number of esters is 1. The molecule has 0 aliphatic heterocycles. The van der Waals surface area contributed by atoms with Crippen molar-refractivity contribution in [3.05, 3.63) is 16.1 Å². The number of likely N-dealkylation sites (N-methyl/N-ethyl adjacent to an activating group) is 1. The molecule has 1 rings (SSSR count). The van der Waals surface area contributed by atoms with Crippen LogP contribution in [0.15, 0.2) is 5.38 Å².